The minimum atomic E-state index is -0.678. The standard InChI is InChI=1S/C30H32FN7O2/c1-6-38-19-25(30(40)35-33-18-21-9-13-23(14-10-21)37(4)5)29(39)24-15-26(31)27(16-28(24)38)34-32-17-20-7-11-22(12-8-20)36(2)3/h7-19,34H,6H2,1-5H3,(H,35,40)/b32-17+,33-18+. The monoisotopic (exact) mass is 541 g/mol. The predicted molar refractivity (Wildman–Crippen MR) is 162 cm³/mol. The molecule has 0 aliphatic heterocycles. The summed E-state index contributed by atoms with van der Waals surface area (Å²) in [6, 6.07) is 18.0. The molecule has 0 fully saturated rings. The Morgan fingerprint density at radius 1 is 0.900 bits per heavy atom. The minimum absolute atomic E-state index is 0.0871. The SMILES string of the molecule is CCn1cc(C(=O)N/N=C/c2ccc(N(C)C)cc2)c(=O)c2cc(F)c(N/N=C/c3ccc(N(C)C)cc3)cc21. The molecule has 3 aromatic carbocycles. The highest BCUT2D eigenvalue weighted by atomic mass is 19.1. The molecular formula is C30H32FN7O2. The van der Waals surface area contributed by atoms with Crippen LogP contribution < -0.4 is 26.1 Å². The maximum absolute atomic E-state index is 15.0. The Morgan fingerprint density at radius 3 is 1.98 bits per heavy atom. The Hall–Kier alpha value is -4.99. The normalized spacial score (nSPS) is 11.3. The van der Waals surface area contributed by atoms with Gasteiger partial charge in [0.15, 0.2) is 0 Å². The summed E-state index contributed by atoms with van der Waals surface area (Å²) in [5.74, 6) is -1.34. The van der Waals surface area contributed by atoms with E-state index in [1.54, 1.807) is 10.8 Å². The van der Waals surface area contributed by atoms with Crippen LogP contribution in [0.2, 0.25) is 0 Å². The molecule has 0 saturated carbocycles. The first-order chi connectivity index (χ1) is 19.2. The fraction of sp³-hybridized carbons (Fsp3) is 0.200. The van der Waals surface area contributed by atoms with Crippen LogP contribution in [0.3, 0.4) is 0 Å². The maximum Gasteiger partial charge on any atom is 0.276 e. The van der Waals surface area contributed by atoms with E-state index in [0.717, 1.165) is 28.6 Å². The number of nitrogens with one attached hydrogen (secondary N) is 2. The van der Waals surface area contributed by atoms with Crippen molar-refractivity contribution >= 4 is 46.3 Å². The van der Waals surface area contributed by atoms with E-state index in [1.165, 1.54) is 18.5 Å². The molecule has 40 heavy (non-hydrogen) atoms. The van der Waals surface area contributed by atoms with Gasteiger partial charge in [-0.15, -0.1) is 0 Å². The molecule has 0 aliphatic rings. The van der Waals surface area contributed by atoms with Gasteiger partial charge in [0.1, 0.15) is 11.4 Å². The summed E-state index contributed by atoms with van der Waals surface area (Å²) in [5, 5.41) is 8.22. The molecule has 0 atom stereocenters. The summed E-state index contributed by atoms with van der Waals surface area (Å²) < 4.78 is 16.7. The van der Waals surface area contributed by atoms with Gasteiger partial charge in [-0.2, -0.15) is 10.2 Å². The molecule has 1 heterocycles. The first-order valence-corrected chi connectivity index (χ1v) is 12.7. The number of fused-ring (bicyclic) bond motifs is 1. The minimum Gasteiger partial charge on any atom is -0.378 e. The van der Waals surface area contributed by atoms with Crippen LogP contribution in [0.1, 0.15) is 28.4 Å². The second kappa shape index (κ2) is 12.2. The number of rotatable bonds is 9. The van der Waals surface area contributed by atoms with E-state index >= 15 is 0 Å². The first kappa shape index (κ1) is 28.0. The maximum atomic E-state index is 15.0. The van der Waals surface area contributed by atoms with Crippen molar-refractivity contribution in [3.63, 3.8) is 0 Å². The summed E-state index contributed by atoms with van der Waals surface area (Å²) in [6.45, 7) is 2.32. The third kappa shape index (κ3) is 6.35. The van der Waals surface area contributed by atoms with E-state index in [-0.39, 0.29) is 16.6 Å². The van der Waals surface area contributed by atoms with Gasteiger partial charge in [0.25, 0.3) is 5.91 Å². The summed E-state index contributed by atoms with van der Waals surface area (Å²) in [4.78, 5) is 29.9. The number of aryl methyl sites for hydroxylation is 1. The first-order valence-electron chi connectivity index (χ1n) is 12.7. The Bertz CT molecular complexity index is 1620. The highest BCUT2D eigenvalue weighted by molar-refractivity contribution is 5.98. The molecule has 9 nitrogen and oxygen atoms in total. The van der Waals surface area contributed by atoms with E-state index < -0.39 is 17.2 Å². The number of hydrogen-bond acceptors (Lipinski definition) is 7. The Kier molecular flexibility index (Phi) is 8.58. The quantitative estimate of drug-likeness (QED) is 0.240. The molecule has 2 N–H and O–H groups in total. The van der Waals surface area contributed by atoms with E-state index in [9.17, 15) is 14.0 Å². The molecule has 0 bridgehead atoms. The molecule has 0 spiro atoms. The Balaban J connectivity index is 1.54. The van der Waals surface area contributed by atoms with Gasteiger partial charge >= 0.3 is 0 Å². The van der Waals surface area contributed by atoms with Gasteiger partial charge in [-0.3, -0.25) is 15.0 Å². The highest BCUT2D eigenvalue weighted by Crippen LogP contribution is 2.22. The lowest BCUT2D eigenvalue weighted by molar-refractivity contribution is 0.0953. The van der Waals surface area contributed by atoms with Crippen molar-refractivity contribution < 1.29 is 9.18 Å². The summed E-state index contributed by atoms with van der Waals surface area (Å²) >= 11 is 0. The number of amides is 1. The van der Waals surface area contributed by atoms with E-state index in [0.29, 0.717) is 12.1 Å². The van der Waals surface area contributed by atoms with Crippen molar-refractivity contribution in [2.75, 3.05) is 43.4 Å². The topological polar surface area (TPSA) is 94.3 Å². The molecule has 1 aromatic heterocycles. The number of pyridine rings is 1. The molecule has 1 amide bonds. The van der Waals surface area contributed by atoms with Gasteiger partial charge in [0, 0.05) is 57.7 Å². The van der Waals surface area contributed by atoms with Gasteiger partial charge < -0.3 is 14.4 Å². The zero-order chi connectivity index (χ0) is 28.8. The molecule has 0 radical (unpaired) electrons. The van der Waals surface area contributed by atoms with Crippen LogP contribution in [-0.4, -0.2) is 51.1 Å². The number of carbonyl (C=O) groups excluding carboxylic acids is 1. The average Bonchev–Trinajstić information content (AvgIpc) is 2.94. The van der Waals surface area contributed by atoms with Gasteiger partial charge in [-0.25, -0.2) is 9.82 Å². The van der Waals surface area contributed by atoms with Crippen LogP contribution in [0.15, 0.2) is 81.9 Å². The van der Waals surface area contributed by atoms with Crippen LogP contribution in [-0.2, 0) is 6.54 Å². The van der Waals surface area contributed by atoms with Crippen molar-refractivity contribution in [2.24, 2.45) is 10.2 Å². The number of carbonyl (C=O) groups is 1. The van der Waals surface area contributed by atoms with Crippen LogP contribution in [0.5, 0.6) is 0 Å². The number of hydrogen-bond donors (Lipinski definition) is 2. The van der Waals surface area contributed by atoms with Crippen molar-refractivity contribution in [2.45, 2.75) is 13.5 Å². The predicted octanol–water partition coefficient (Wildman–Crippen LogP) is 4.50. The van der Waals surface area contributed by atoms with Gasteiger partial charge in [0.2, 0.25) is 5.43 Å². The van der Waals surface area contributed by atoms with Crippen LogP contribution in [0.4, 0.5) is 21.5 Å². The second-order valence-corrected chi connectivity index (χ2v) is 9.55. The Morgan fingerprint density at radius 2 is 1.45 bits per heavy atom. The summed E-state index contributed by atoms with van der Waals surface area (Å²) in [5.41, 5.74) is 8.70. The van der Waals surface area contributed by atoms with Gasteiger partial charge in [-0.05, 0) is 54.4 Å². The smallest absolute Gasteiger partial charge is 0.276 e. The molecule has 4 rings (SSSR count). The van der Waals surface area contributed by atoms with E-state index in [4.69, 9.17) is 0 Å². The number of hydrazone groups is 2. The Labute approximate surface area is 232 Å². The molecular weight excluding hydrogens is 509 g/mol. The summed E-state index contributed by atoms with van der Waals surface area (Å²) in [7, 11) is 7.80. The van der Waals surface area contributed by atoms with E-state index in [1.807, 2.05) is 93.4 Å². The number of nitrogens with zero attached hydrogens (tertiary/aromatic N) is 5. The molecule has 206 valence electrons. The highest BCUT2D eigenvalue weighted by Gasteiger charge is 2.17. The molecule has 0 saturated heterocycles. The molecule has 10 heteroatoms. The van der Waals surface area contributed by atoms with Crippen molar-refractivity contribution in [1.29, 1.82) is 0 Å². The van der Waals surface area contributed by atoms with Crippen molar-refractivity contribution in [1.82, 2.24) is 9.99 Å². The fourth-order valence-corrected chi connectivity index (χ4v) is 4.04. The third-order valence-corrected chi connectivity index (χ3v) is 6.35. The lowest BCUT2D eigenvalue weighted by atomic mass is 10.1. The zero-order valence-electron chi connectivity index (χ0n) is 23.1. The second-order valence-electron chi connectivity index (χ2n) is 9.55. The largest absolute Gasteiger partial charge is 0.378 e. The lowest BCUT2D eigenvalue weighted by Crippen LogP contribution is -2.27. The summed E-state index contributed by atoms with van der Waals surface area (Å²) in [6.07, 6.45) is 4.53. The van der Waals surface area contributed by atoms with Crippen molar-refractivity contribution in [3.05, 3.63) is 99.6 Å². The number of anilines is 3. The van der Waals surface area contributed by atoms with Gasteiger partial charge in [-0.1, -0.05) is 24.3 Å². The van der Waals surface area contributed by atoms with Crippen molar-refractivity contribution in [3.8, 4) is 0 Å². The zero-order valence-corrected chi connectivity index (χ0v) is 23.1. The molecule has 0 aliphatic carbocycles. The third-order valence-electron chi connectivity index (χ3n) is 6.35. The van der Waals surface area contributed by atoms with Crippen LogP contribution >= 0.6 is 0 Å². The fourth-order valence-electron chi connectivity index (χ4n) is 4.04. The number of halogens is 1. The molecule has 4 aromatic rings. The van der Waals surface area contributed by atoms with Gasteiger partial charge in [0.05, 0.1) is 23.6 Å². The van der Waals surface area contributed by atoms with E-state index in [2.05, 4.69) is 21.1 Å². The lowest BCUT2D eigenvalue weighted by Gasteiger charge is -2.13. The number of benzene rings is 3. The van der Waals surface area contributed by atoms with Crippen LogP contribution in [0, 0.1) is 5.82 Å². The van der Waals surface area contributed by atoms with Crippen LogP contribution in [0.25, 0.3) is 10.9 Å². The molecule has 0 unspecified atom stereocenters. The number of aromatic nitrogens is 1. The average molecular weight is 542 g/mol.